The van der Waals surface area contributed by atoms with Crippen molar-refractivity contribution in [3.05, 3.63) is 64.2 Å². The molecule has 4 rings (SSSR count). The first-order valence-electron chi connectivity index (χ1n) is 11.2. The highest BCUT2D eigenvalue weighted by Gasteiger charge is 2.46. The summed E-state index contributed by atoms with van der Waals surface area (Å²) in [4.78, 5) is 29.9. The van der Waals surface area contributed by atoms with Crippen LogP contribution < -0.4 is 4.74 Å². The Kier molecular flexibility index (Phi) is 7.41. The SMILES string of the molecule is CCOc1cc([C@H]2C(=C(O)c3ccc(Cl)cc3)C(=O)C(=O)N2CCN2CCOCC2)ccc1O. The van der Waals surface area contributed by atoms with Crippen LogP contribution in [0.25, 0.3) is 5.76 Å². The average Bonchev–Trinajstić information content (AvgIpc) is 3.10. The summed E-state index contributed by atoms with van der Waals surface area (Å²) in [7, 11) is 0. The van der Waals surface area contributed by atoms with E-state index in [1.54, 1.807) is 43.3 Å². The quantitative estimate of drug-likeness (QED) is 0.352. The summed E-state index contributed by atoms with van der Waals surface area (Å²) >= 11 is 5.97. The minimum atomic E-state index is -0.837. The number of hydrogen-bond acceptors (Lipinski definition) is 7. The van der Waals surface area contributed by atoms with Crippen LogP contribution in [0.5, 0.6) is 11.5 Å². The molecule has 2 fully saturated rings. The van der Waals surface area contributed by atoms with Gasteiger partial charge in [0.2, 0.25) is 0 Å². The molecule has 34 heavy (non-hydrogen) atoms. The number of halogens is 1. The number of carbonyl (C=O) groups excluding carboxylic acids is 2. The Morgan fingerprint density at radius 2 is 1.82 bits per heavy atom. The van der Waals surface area contributed by atoms with Crippen LogP contribution in [0.4, 0.5) is 0 Å². The van der Waals surface area contributed by atoms with Crippen LogP contribution in [0.3, 0.4) is 0 Å². The minimum Gasteiger partial charge on any atom is -0.507 e. The zero-order valence-electron chi connectivity index (χ0n) is 18.9. The molecule has 2 aromatic rings. The number of phenols is 1. The number of likely N-dealkylation sites (tertiary alicyclic amines) is 1. The summed E-state index contributed by atoms with van der Waals surface area (Å²) in [5.74, 6) is -1.52. The Morgan fingerprint density at radius 1 is 1.12 bits per heavy atom. The second kappa shape index (κ2) is 10.5. The van der Waals surface area contributed by atoms with Gasteiger partial charge in [0.1, 0.15) is 5.76 Å². The van der Waals surface area contributed by atoms with Crippen molar-refractivity contribution in [2.24, 2.45) is 0 Å². The molecule has 8 nitrogen and oxygen atoms in total. The molecule has 0 aliphatic carbocycles. The van der Waals surface area contributed by atoms with Crippen molar-refractivity contribution in [2.45, 2.75) is 13.0 Å². The number of morpholine rings is 1. The van der Waals surface area contributed by atoms with E-state index in [1.165, 1.54) is 11.0 Å². The van der Waals surface area contributed by atoms with Gasteiger partial charge in [-0.3, -0.25) is 14.5 Å². The topological polar surface area (TPSA) is 99.5 Å². The van der Waals surface area contributed by atoms with Gasteiger partial charge in [-0.25, -0.2) is 0 Å². The molecule has 0 aromatic heterocycles. The van der Waals surface area contributed by atoms with Crippen LogP contribution >= 0.6 is 11.6 Å². The van der Waals surface area contributed by atoms with Gasteiger partial charge >= 0.3 is 0 Å². The number of benzene rings is 2. The van der Waals surface area contributed by atoms with E-state index in [0.29, 0.717) is 42.5 Å². The smallest absolute Gasteiger partial charge is 0.295 e. The van der Waals surface area contributed by atoms with Crippen molar-refractivity contribution in [1.29, 1.82) is 0 Å². The highest BCUT2D eigenvalue weighted by molar-refractivity contribution is 6.46. The molecular weight excluding hydrogens is 460 g/mol. The van der Waals surface area contributed by atoms with Gasteiger partial charge in [-0.2, -0.15) is 0 Å². The Hall–Kier alpha value is -3.07. The largest absolute Gasteiger partial charge is 0.507 e. The second-order valence-electron chi connectivity index (χ2n) is 8.11. The van der Waals surface area contributed by atoms with E-state index in [2.05, 4.69) is 4.90 Å². The molecule has 0 spiro atoms. The zero-order chi connectivity index (χ0) is 24.2. The van der Waals surface area contributed by atoms with Crippen LogP contribution in [0.15, 0.2) is 48.0 Å². The fourth-order valence-corrected chi connectivity index (χ4v) is 4.39. The molecule has 2 N–H and O–H groups in total. The fraction of sp³-hybridized carbons (Fsp3) is 0.360. The second-order valence-corrected chi connectivity index (χ2v) is 8.55. The average molecular weight is 487 g/mol. The van der Waals surface area contributed by atoms with E-state index in [4.69, 9.17) is 21.1 Å². The first-order chi connectivity index (χ1) is 16.4. The van der Waals surface area contributed by atoms with Crippen LogP contribution in [-0.4, -0.2) is 77.7 Å². The maximum Gasteiger partial charge on any atom is 0.295 e. The molecular formula is C25H27ClN2O6. The van der Waals surface area contributed by atoms with Crippen LogP contribution in [0.2, 0.25) is 5.02 Å². The number of ether oxygens (including phenoxy) is 2. The minimum absolute atomic E-state index is 0.0116. The number of amides is 1. The molecule has 0 bridgehead atoms. The molecule has 2 aliphatic heterocycles. The van der Waals surface area contributed by atoms with E-state index >= 15 is 0 Å². The number of carbonyl (C=O) groups is 2. The molecule has 2 aromatic carbocycles. The lowest BCUT2D eigenvalue weighted by atomic mass is 9.95. The molecule has 1 atom stereocenters. The molecule has 2 saturated heterocycles. The number of aliphatic hydroxyl groups is 1. The lowest BCUT2D eigenvalue weighted by Crippen LogP contribution is -2.42. The molecule has 180 valence electrons. The van der Waals surface area contributed by atoms with Crippen LogP contribution in [0, 0.1) is 0 Å². The van der Waals surface area contributed by atoms with Gasteiger partial charge < -0.3 is 24.6 Å². The lowest BCUT2D eigenvalue weighted by Gasteiger charge is -2.31. The van der Waals surface area contributed by atoms with Crippen LogP contribution in [0.1, 0.15) is 24.1 Å². The molecule has 2 aliphatic rings. The van der Waals surface area contributed by atoms with Gasteiger partial charge in [-0.1, -0.05) is 17.7 Å². The predicted molar refractivity (Wildman–Crippen MR) is 127 cm³/mol. The number of ketones is 1. The third-order valence-corrected chi connectivity index (χ3v) is 6.27. The van der Waals surface area contributed by atoms with Gasteiger partial charge in [0, 0.05) is 36.8 Å². The summed E-state index contributed by atoms with van der Waals surface area (Å²) in [6.07, 6.45) is 0. The van der Waals surface area contributed by atoms with Crippen molar-refractivity contribution < 1.29 is 29.3 Å². The van der Waals surface area contributed by atoms with E-state index in [0.717, 1.165) is 13.1 Å². The van der Waals surface area contributed by atoms with Crippen molar-refractivity contribution in [3.63, 3.8) is 0 Å². The van der Waals surface area contributed by atoms with Gasteiger partial charge in [0.05, 0.1) is 31.4 Å². The third-order valence-electron chi connectivity index (χ3n) is 6.02. The number of aliphatic hydroxyl groups excluding tert-OH is 1. The standard InChI is InChI=1S/C25H27ClN2O6/c1-2-34-20-15-17(5-8-19(20)29)22-21(23(30)16-3-6-18(26)7-4-16)24(31)25(32)28(22)10-9-27-11-13-33-14-12-27/h3-8,15,22,29-30H,2,9-14H2,1H3/t22-/m0/s1. The summed E-state index contributed by atoms with van der Waals surface area (Å²) in [5, 5.41) is 21.8. The van der Waals surface area contributed by atoms with Crippen LogP contribution in [-0.2, 0) is 14.3 Å². The maximum atomic E-state index is 13.2. The van der Waals surface area contributed by atoms with Crippen molar-refractivity contribution in [2.75, 3.05) is 46.0 Å². The summed E-state index contributed by atoms with van der Waals surface area (Å²) in [6, 6.07) is 10.3. The van der Waals surface area contributed by atoms with Crippen molar-refractivity contribution in [3.8, 4) is 11.5 Å². The zero-order valence-corrected chi connectivity index (χ0v) is 19.6. The van der Waals surface area contributed by atoms with E-state index in [-0.39, 0.29) is 29.4 Å². The van der Waals surface area contributed by atoms with Gasteiger partial charge in [0.25, 0.3) is 11.7 Å². The summed E-state index contributed by atoms with van der Waals surface area (Å²) in [5.41, 5.74) is 0.921. The Bertz CT molecular complexity index is 1100. The first kappa shape index (κ1) is 24.1. The maximum absolute atomic E-state index is 13.2. The predicted octanol–water partition coefficient (Wildman–Crippen LogP) is 3.20. The van der Waals surface area contributed by atoms with E-state index in [9.17, 15) is 19.8 Å². The van der Waals surface area contributed by atoms with Crippen molar-refractivity contribution >= 4 is 29.1 Å². The van der Waals surface area contributed by atoms with Gasteiger partial charge in [-0.15, -0.1) is 0 Å². The fourth-order valence-electron chi connectivity index (χ4n) is 4.27. The van der Waals surface area contributed by atoms with Gasteiger partial charge in [-0.05, 0) is 48.9 Å². The van der Waals surface area contributed by atoms with Gasteiger partial charge in [0.15, 0.2) is 11.5 Å². The number of phenolic OH excluding ortho intramolecular Hbond substituents is 1. The lowest BCUT2D eigenvalue weighted by molar-refractivity contribution is -0.140. The Labute approximate surface area is 202 Å². The normalized spacial score (nSPS) is 20.6. The first-order valence-corrected chi connectivity index (χ1v) is 11.6. The molecule has 0 radical (unpaired) electrons. The highest BCUT2D eigenvalue weighted by Crippen LogP contribution is 2.41. The number of rotatable bonds is 7. The molecule has 0 unspecified atom stereocenters. The molecule has 2 heterocycles. The summed E-state index contributed by atoms with van der Waals surface area (Å²) < 4.78 is 10.9. The summed E-state index contributed by atoms with van der Waals surface area (Å²) in [6.45, 7) is 5.70. The number of hydrogen-bond donors (Lipinski definition) is 2. The van der Waals surface area contributed by atoms with E-state index in [1.807, 2.05) is 0 Å². The number of aromatic hydroxyl groups is 1. The number of Topliss-reactive ketones (excluding diaryl/α,β-unsaturated/α-hetero) is 1. The Morgan fingerprint density at radius 3 is 2.50 bits per heavy atom. The molecule has 0 saturated carbocycles. The Balaban J connectivity index is 1.76. The van der Waals surface area contributed by atoms with E-state index < -0.39 is 17.7 Å². The third kappa shape index (κ3) is 4.89. The highest BCUT2D eigenvalue weighted by atomic mass is 35.5. The number of nitrogens with zero attached hydrogens (tertiary/aromatic N) is 2. The molecule has 9 heteroatoms. The monoisotopic (exact) mass is 486 g/mol. The van der Waals surface area contributed by atoms with Crippen molar-refractivity contribution in [1.82, 2.24) is 9.80 Å². The molecule has 1 amide bonds.